The topological polar surface area (TPSA) is 80.5 Å². The second-order valence-electron chi connectivity index (χ2n) is 3.39. The molecule has 16 heavy (non-hydrogen) atoms. The van der Waals surface area contributed by atoms with Crippen LogP contribution in [0.25, 0.3) is 11.4 Å². The van der Waals surface area contributed by atoms with Crippen LogP contribution in [0.1, 0.15) is 11.4 Å². The summed E-state index contributed by atoms with van der Waals surface area (Å²) in [6.45, 7) is 0.361. The lowest BCUT2D eigenvalue weighted by Crippen LogP contribution is -2.05. The maximum atomic E-state index is 8.70. The number of nitrogens with two attached hydrogens (primary N) is 1. The standard InChI is InChI=1S/C11H11N5/c1-16-10(7-13)14-15-11(16)9-4-2-8(6-12)3-5-9/h2-5H,7,13H2,1H3. The van der Waals surface area contributed by atoms with Crippen LogP contribution >= 0.6 is 0 Å². The monoisotopic (exact) mass is 213 g/mol. The van der Waals surface area contributed by atoms with Crippen LogP contribution in [-0.4, -0.2) is 14.8 Å². The number of hydrogen-bond donors (Lipinski definition) is 1. The fourth-order valence-electron chi connectivity index (χ4n) is 1.48. The molecule has 1 aromatic carbocycles. The van der Waals surface area contributed by atoms with Gasteiger partial charge < -0.3 is 10.3 Å². The molecule has 2 rings (SSSR count). The van der Waals surface area contributed by atoms with Crippen molar-refractivity contribution >= 4 is 0 Å². The molecule has 2 N–H and O–H groups in total. The molecule has 5 nitrogen and oxygen atoms in total. The molecular weight excluding hydrogens is 202 g/mol. The highest BCUT2D eigenvalue weighted by atomic mass is 15.3. The van der Waals surface area contributed by atoms with Crippen molar-refractivity contribution in [2.45, 2.75) is 6.54 Å². The predicted octanol–water partition coefficient (Wildman–Crippen LogP) is 0.812. The van der Waals surface area contributed by atoms with Crippen LogP contribution in [0.4, 0.5) is 0 Å². The second kappa shape index (κ2) is 4.13. The quantitative estimate of drug-likeness (QED) is 0.800. The first-order valence-corrected chi connectivity index (χ1v) is 4.85. The second-order valence-corrected chi connectivity index (χ2v) is 3.39. The van der Waals surface area contributed by atoms with E-state index in [2.05, 4.69) is 16.3 Å². The van der Waals surface area contributed by atoms with Crippen molar-refractivity contribution in [2.75, 3.05) is 0 Å². The highest BCUT2D eigenvalue weighted by Gasteiger charge is 2.08. The van der Waals surface area contributed by atoms with Gasteiger partial charge in [0.05, 0.1) is 18.2 Å². The van der Waals surface area contributed by atoms with Gasteiger partial charge in [0.2, 0.25) is 0 Å². The molecule has 1 aromatic heterocycles. The van der Waals surface area contributed by atoms with Gasteiger partial charge in [0.1, 0.15) is 5.82 Å². The van der Waals surface area contributed by atoms with Crippen molar-refractivity contribution < 1.29 is 0 Å². The number of nitriles is 1. The molecule has 0 bridgehead atoms. The Kier molecular flexibility index (Phi) is 2.66. The third-order valence-electron chi connectivity index (χ3n) is 2.42. The summed E-state index contributed by atoms with van der Waals surface area (Å²) in [4.78, 5) is 0. The van der Waals surface area contributed by atoms with Crippen LogP contribution in [0.15, 0.2) is 24.3 Å². The normalized spacial score (nSPS) is 10.1. The molecule has 0 fully saturated rings. The number of rotatable bonds is 2. The Morgan fingerprint density at radius 1 is 1.31 bits per heavy atom. The summed E-state index contributed by atoms with van der Waals surface area (Å²) in [5, 5.41) is 16.7. The van der Waals surface area contributed by atoms with Gasteiger partial charge >= 0.3 is 0 Å². The van der Waals surface area contributed by atoms with Crippen LogP contribution in [-0.2, 0) is 13.6 Å². The zero-order valence-corrected chi connectivity index (χ0v) is 8.88. The first-order valence-electron chi connectivity index (χ1n) is 4.85. The number of aromatic nitrogens is 3. The van der Waals surface area contributed by atoms with Crippen molar-refractivity contribution in [1.29, 1.82) is 5.26 Å². The lowest BCUT2D eigenvalue weighted by molar-refractivity contribution is 0.797. The molecule has 0 aliphatic rings. The molecule has 0 saturated carbocycles. The minimum absolute atomic E-state index is 0.361. The number of nitrogens with zero attached hydrogens (tertiary/aromatic N) is 4. The third kappa shape index (κ3) is 1.66. The summed E-state index contributed by atoms with van der Waals surface area (Å²) in [7, 11) is 1.87. The van der Waals surface area contributed by atoms with Gasteiger partial charge in [-0.2, -0.15) is 5.26 Å². The average molecular weight is 213 g/mol. The highest BCUT2D eigenvalue weighted by molar-refractivity contribution is 5.56. The van der Waals surface area contributed by atoms with E-state index in [9.17, 15) is 0 Å². The van der Waals surface area contributed by atoms with Crippen molar-refractivity contribution in [3.63, 3.8) is 0 Å². The molecule has 0 amide bonds. The van der Waals surface area contributed by atoms with E-state index in [1.807, 2.05) is 23.7 Å². The first-order chi connectivity index (χ1) is 7.76. The van der Waals surface area contributed by atoms with Crippen molar-refractivity contribution in [3.8, 4) is 17.5 Å². The Bertz CT molecular complexity index is 532. The lowest BCUT2D eigenvalue weighted by Gasteiger charge is -2.02. The minimum Gasteiger partial charge on any atom is -0.324 e. The maximum absolute atomic E-state index is 8.70. The molecule has 0 spiro atoms. The Morgan fingerprint density at radius 3 is 2.50 bits per heavy atom. The number of benzene rings is 1. The average Bonchev–Trinajstić information content (AvgIpc) is 2.70. The fraction of sp³-hybridized carbons (Fsp3) is 0.182. The van der Waals surface area contributed by atoms with E-state index in [-0.39, 0.29) is 0 Å². The maximum Gasteiger partial charge on any atom is 0.163 e. The largest absolute Gasteiger partial charge is 0.324 e. The summed E-state index contributed by atoms with van der Waals surface area (Å²) in [5.74, 6) is 1.49. The zero-order valence-electron chi connectivity index (χ0n) is 8.88. The van der Waals surface area contributed by atoms with E-state index in [1.165, 1.54) is 0 Å². The molecule has 80 valence electrons. The highest BCUT2D eigenvalue weighted by Crippen LogP contribution is 2.17. The molecule has 5 heteroatoms. The molecule has 2 aromatic rings. The molecule has 0 aliphatic carbocycles. The van der Waals surface area contributed by atoms with E-state index < -0.39 is 0 Å². The van der Waals surface area contributed by atoms with E-state index in [0.29, 0.717) is 12.1 Å². The van der Waals surface area contributed by atoms with Crippen LogP contribution in [0.2, 0.25) is 0 Å². The molecule has 0 saturated heterocycles. The van der Waals surface area contributed by atoms with Crippen LogP contribution < -0.4 is 5.73 Å². The SMILES string of the molecule is Cn1c(CN)nnc1-c1ccc(C#N)cc1. The Hall–Kier alpha value is -2.19. The Balaban J connectivity index is 2.43. The summed E-state index contributed by atoms with van der Waals surface area (Å²) in [6.07, 6.45) is 0. The Morgan fingerprint density at radius 2 is 2.00 bits per heavy atom. The smallest absolute Gasteiger partial charge is 0.163 e. The van der Waals surface area contributed by atoms with Gasteiger partial charge in [0.15, 0.2) is 5.82 Å². The zero-order chi connectivity index (χ0) is 11.5. The van der Waals surface area contributed by atoms with E-state index in [4.69, 9.17) is 11.0 Å². The van der Waals surface area contributed by atoms with Crippen LogP contribution in [0, 0.1) is 11.3 Å². The van der Waals surface area contributed by atoms with Crippen molar-refractivity contribution in [1.82, 2.24) is 14.8 Å². The van der Waals surface area contributed by atoms with Crippen molar-refractivity contribution in [2.24, 2.45) is 12.8 Å². The molecule has 0 unspecified atom stereocenters. The summed E-state index contributed by atoms with van der Waals surface area (Å²) in [5.41, 5.74) is 7.08. The third-order valence-corrected chi connectivity index (χ3v) is 2.42. The molecule has 1 heterocycles. The molecule has 0 radical (unpaired) electrons. The van der Waals surface area contributed by atoms with Gasteiger partial charge in [-0.25, -0.2) is 0 Å². The molecule has 0 aliphatic heterocycles. The predicted molar refractivity (Wildman–Crippen MR) is 59.0 cm³/mol. The Labute approximate surface area is 93.1 Å². The lowest BCUT2D eigenvalue weighted by atomic mass is 10.1. The fourth-order valence-corrected chi connectivity index (χ4v) is 1.48. The van der Waals surface area contributed by atoms with Gasteiger partial charge in [-0.3, -0.25) is 0 Å². The molecular formula is C11H11N5. The summed E-state index contributed by atoms with van der Waals surface area (Å²) < 4.78 is 1.85. The number of hydrogen-bond acceptors (Lipinski definition) is 4. The van der Waals surface area contributed by atoms with Gasteiger partial charge in [-0.05, 0) is 24.3 Å². The van der Waals surface area contributed by atoms with E-state index >= 15 is 0 Å². The molecule has 0 atom stereocenters. The van der Waals surface area contributed by atoms with Gasteiger partial charge in [-0.15, -0.1) is 10.2 Å². The van der Waals surface area contributed by atoms with Crippen LogP contribution in [0.3, 0.4) is 0 Å². The van der Waals surface area contributed by atoms with Gasteiger partial charge in [-0.1, -0.05) is 0 Å². The van der Waals surface area contributed by atoms with E-state index in [0.717, 1.165) is 17.2 Å². The minimum atomic E-state index is 0.361. The van der Waals surface area contributed by atoms with Gasteiger partial charge in [0, 0.05) is 12.6 Å². The van der Waals surface area contributed by atoms with E-state index in [1.54, 1.807) is 12.1 Å². The first kappa shape index (κ1) is 10.3. The van der Waals surface area contributed by atoms with Crippen molar-refractivity contribution in [3.05, 3.63) is 35.7 Å². The summed E-state index contributed by atoms with van der Waals surface area (Å²) in [6, 6.07) is 9.29. The van der Waals surface area contributed by atoms with Crippen LogP contribution in [0.5, 0.6) is 0 Å². The van der Waals surface area contributed by atoms with Gasteiger partial charge in [0.25, 0.3) is 0 Å². The summed E-state index contributed by atoms with van der Waals surface area (Å²) >= 11 is 0.